The first-order chi connectivity index (χ1) is 9.19. The normalized spacial score (nSPS) is 22.5. The molecule has 1 aromatic rings. The van der Waals surface area contributed by atoms with E-state index in [-0.39, 0.29) is 11.4 Å². The maximum atomic E-state index is 11.3. The highest BCUT2D eigenvalue weighted by atomic mass is 16.5. The van der Waals surface area contributed by atoms with Crippen LogP contribution in [0.1, 0.15) is 28.8 Å². The molecule has 1 saturated heterocycles. The number of hydrogen-bond donors (Lipinski definition) is 1. The van der Waals surface area contributed by atoms with Gasteiger partial charge in [-0.05, 0) is 43.5 Å². The van der Waals surface area contributed by atoms with Crippen molar-refractivity contribution in [3.8, 4) is 6.07 Å². The van der Waals surface area contributed by atoms with Crippen LogP contribution in [0, 0.1) is 16.7 Å². The van der Waals surface area contributed by atoms with E-state index in [4.69, 9.17) is 0 Å². The fourth-order valence-corrected chi connectivity index (χ4v) is 2.52. The van der Waals surface area contributed by atoms with Gasteiger partial charge in [0.1, 0.15) is 0 Å². The molecule has 1 aliphatic rings. The van der Waals surface area contributed by atoms with Gasteiger partial charge in [0.05, 0.1) is 24.2 Å². The Labute approximate surface area is 113 Å². The standard InChI is InChI=1S/C15H18N2O2/c1-19-14(18)13-5-3-12(4-6-13)9-15(10-16)7-2-8-17-11-15/h3-6,17H,2,7-9,11H2,1H3. The van der Waals surface area contributed by atoms with Gasteiger partial charge in [-0.25, -0.2) is 4.79 Å². The van der Waals surface area contributed by atoms with E-state index in [2.05, 4.69) is 16.1 Å². The monoisotopic (exact) mass is 258 g/mol. The summed E-state index contributed by atoms with van der Waals surface area (Å²) in [6, 6.07) is 9.77. The Morgan fingerprint density at radius 3 is 2.74 bits per heavy atom. The first-order valence-corrected chi connectivity index (χ1v) is 6.48. The second kappa shape index (κ2) is 5.85. The maximum absolute atomic E-state index is 11.3. The number of carbonyl (C=O) groups excluding carboxylic acids is 1. The van der Waals surface area contributed by atoms with E-state index < -0.39 is 0 Å². The summed E-state index contributed by atoms with van der Waals surface area (Å²) in [5, 5.41) is 12.7. The quantitative estimate of drug-likeness (QED) is 0.841. The van der Waals surface area contributed by atoms with Gasteiger partial charge in [0.25, 0.3) is 0 Å². The predicted octanol–water partition coefficient (Wildman–Crippen LogP) is 1.91. The summed E-state index contributed by atoms with van der Waals surface area (Å²) in [6.45, 7) is 1.73. The van der Waals surface area contributed by atoms with Gasteiger partial charge < -0.3 is 10.1 Å². The first-order valence-electron chi connectivity index (χ1n) is 6.48. The Kier molecular flexibility index (Phi) is 4.18. The third-order valence-corrected chi connectivity index (χ3v) is 3.63. The molecule has 0 radical (unpaired) electrons. The van der Waals surface area contributed by atoms with Gasteiger partial charge in [-0.2, -0.15) is 5.26 Å². The lowest BCUT2D eigenvalue weighted by molar-refractivity contribution is 0.0600. The largest absolute Gasteiger partial charge is 0.465 e. The van der Waals surface area contributed by atoms with Crippen molar-refractivity contribution in [2.24, 2.45) is 5.41 Å². The van der Waals surface area contributed by atoms with E-state index in [1.165, 1.54) is 7.11 Å². The van der Waals surface area contributed by atoms with Crippen LogP contribution >= 0.6 is 0 Å². The van der Waals surface area contributed by atoms with Gasteiger partial charge in [-0.1, -0.05) is 12.1 Å². The van der Waals surface area contributed by atoms with Crippen molar-refractivity contribution in [3.05, 3.63) is 35.4 Å². The molecule has 0 bridgehead atoms. The second-order valence-electron chi connectivity index (χ2n) is 5.04. The van der Waals surface area contributed by atoms with Crippen LogP contribution in [-0.4, -0.2) is 26.2 Å². The van der Waals surface area contributed by atoms with E-state index in [1.54, 1.807) is 12.1 Å². The molecule has 1 heterocycles. The van der Waals surface area contributed by atoms with Crippen molar-refractivity contribution in [3.63, 3.8) is 0 Å². The lowest BCUT2D eigenvalue weighted by atomic mass is 9.77. The highest BCUT2D eigenvalue weighted by molar-refractivity contribution is 5.89. The average molecular weight is 258 g/mol. The van der Waals surface area contributed by atoms with Crippen LogP contribution in [-0.2, 0) is 11.2 Å². The molecule has 1 N–H and O–H groups in total. The van der Waals surface area contributed by atoms with Gasteiger partial charge in [0.15, 0.2) is 0 Å². The number of rotatable bonds is 3. The number of methoxy groups -OCH3 is 1. The van der Waals surface area contributed by atoms with Crippen LogP contribution in [0.15, 0.2) is 24.3 Å². The Morgan fingerprint density at radius 2 is 2.21 bits per heavy atom. The molecule has 0 amide bonds. The minimum atomic E-state index is -0.333. The molecule has 4 nitrogen and oxygen atoms in total. The molecule has 0 spiro atoms. The maximum Gasteiger partial charge on any atom is 0.337 e. The Balaban J connectivity index is 2.10. The summed E-state index contributed by atoms with van der Waals surface area (Å²) in [7, 11) is 1.37. The van der Waals surface area contributed by atoms with Crippen molar-refractivity contribution in [1.82, 2.24) is 5.32 Å². The van der Waals surface area contributed by atoms with Crippen molar-refractivity contribution < 1.29 is 9.53 Å². The molecule has 1 aromatic carbocycles. The fourth-order valence-electron chi connectivity index (χ4n) is 2.52. The molecule has 2 rings (SSSR count). The number of nitriles is 1. The molecule has 1 aliphatic heterocycles. The van der Waals surface area contributed by atoms with Gasteiger partial charge in [-0.3, -0.25) is 0 Å². The predicted molar refractivity (Wildman–Crippen MR) is 71.6 cm³/mol. The molecule has 19 heavy (non-hydrogen) atoms. The third kappa shape index (κ3) is 3.12. The number of ether oxygens (including phenoxy) is 1. The van der Waals surface area contributed by atoms with Gasteiger partial charge in [0, 0.05) is 6.54 Å². The number of nitrogens with zero attached hydrogens (tertiary/aromatic N) is 1. The van der Waals surface area contributed by atoms with E-state index in [0.29, 0.717) is 5.56 Å². The van der Waals surface area contributed by atoms with Crippen LogP contribution < -0.4 is 5.32 Å². The highest BCUT2D eigenvalue weighted by Gasteiger charge is 2.32. The van der Waals surface area contributed by atoms with Crippen molar-refractivity contribution in [2.75, 3.05) is 20.2 Å². The summed E-state index contributed by atoms with van der Waals surface area (Å²) in [5.74, 6) is -0.333. The second-order valence-corrected chi connectivity index (χ2v) is 5.04. The molecule has 0 saturated carbocycles. The van der Waals surface area contributed by atoms with Crippen LogP contribution in [0.3, 0.4) is 0 Å². The molecule has 1 atom stereocenters. The van der Waals surface area contributed by atoms with Crippen LogP contribution in [0.5, 0.6) is 0 Å². The molecular weight excluding hydrogens is 240 g/mol. The topological polar surface area (TPSA) is 62.1 Å². The molecule has 4 heteroatoms. The average Bonchev–Trinajstić information content (AvgIpc) is 2.48. The van der Waals surface area contributed by atoms with E-state index in [0.717, 1.165) is 37.9 Å². The van der Waals surface area contributed by atoms with Gasteiger partial charge in [0.2, 0.25) is 0 Å². The van der Waals surface area contributed by atoms with Crippen molar-refractivity contribution in [1.29, 1.82) is 5.26 Å². The molecule has 0 aliphatic carbocycles. The highest BCUT2D eigenvalue weighted by Crippen LogP contribution is 2.29. The molecule has 1 unspecified atom stereocenters. The molecular formula is C15H18N2O2. The van der Waals surface area contributed by atoms with Crippen molar-refractivity contribution >= 4 is 5.97 Å². The van der Waals surface area contributed by atoms with Gasteiger partial charge in [-0.15, -0.1) is 0 Å². The van der Waals surface area contributed by atoms with Crippen molar-refractivity contribution in [2.45, 2.75) is 19.3 Å². The zero-order valence-corrected chi connectivity index (χ0v) is 11.1. The summed E-state index contributed by atoms with van der Waals surface area (Å²) in [4.78, 5) is 11.3. The zero-order valence-electron chi connectivity index (χ0n) is 11.1. The first kappa shape index (κ1) is 13.6. The lowest BCUT2D eigenvalue weighted by Crippen LogP contribution is -2.40. The zero-order chi connectivity index (χ0) is 13.7. The molecule has 0 aromatic heterocycles. The number of esters is 1. The lowest BCUT2D eigenvalue weighted by Gasteiger charge is -2.31. The molecule has 100 valence electrons. The molecule has 1 fully saturated rings. The Hall–Kier alpha value is -1.86. The van der Waals surface area contributed by atoms with Crippen LogP contribution in [0.2, 0.25) is 0 Å². The minimum absolute atomic E-state index is 0.314. The number of hydrogen-bond acceptors (Lipinski definition) is 4. The third-order valence-electron chi connectivity index (χ3n) is 3.63. The number of carbonyl (C=O) groups is 1. The summed E-state index contributed by atoms with van der Waals surface area (Å²) in [6.07, 6.45) is 2.68. The number of benzene rings is 1. The van der Waals surface area contributed by atoms with Crippen LogP contribution in [0.25, 0.3) is 0 Å². The van der Waals surface area contributed by atoms with E-state index >= 15 is 0 Å². The van der Waals surface area contributed by atoms with E-state index in [9.17, 15) is 10.1 Å². The summed E-state index contributed by atoms with van der Waals surface area (Å²) in [5.41, 5.74) is 1.31. The minimum Gasteiger partial charge on any atom is -0.465 e. The Morgan fingerprint density at radius 1 is 1.47 bits per heavy atom. The Bertz CT molecular complexity index is 482. The SMILES string of the molecule is COC(=O)c1ccc(CC2(C#N)CCCNC2)cc1. The number of piperidine rings is 1. The van der Waals surface area contributed by atoms with Crippen LogP contribution in [0.4, 0.5) is 0 Å². The fraction of sp³-hybridized carbons (Fsp3) is 0.467. The van der Waals surface area contributed by atoms with E-state index in [1.807, 2.05) is 12.1 Å². The summed E-state index contributed by atoms with van der Waals surface area (Å²) >= 11 is 0. The number of nitrogens with one attached hydrogen (secondary N) is 1. The van der Waals surface area contributed by atoms with Gasteiger partial charge >= 0.3 is 5.97 Å². The summed E-state index contributed by atoms with van der Waals surface area (Å²) < 4.78 is 4.67. The smallest absolute Gasteiger partial charge is 0.337 e.